The maximum Gasteiger partial charge on any atom is 0.133 e. The van der Waals surface area contributed by atoms with Gasteiger partial charge in [0.1, 0.15) is 11.4 Å². The number of hydrogen-bond donors (Lipinski definition) is 2. The van der Waals surface area contributed by atoms with Crippen molar-refractivity contribution >= 4 is 11.4 Å². The third-order valence-corrected chi connectivity index (χ3v) is 3.73. The molecule has 0 bridgehead atoms. The van der Waals surface area contributed by atoms with E-state index >= 15 is 0 Å². The summed E-state index contributed by atoms with van der Waals surface area (Å²) < 4.78 is 0. The van der Waals surface area contributed by atoms with Crippen molar-refractivity contribution in [3.8, 4) is 11.1 Å². The van der Waals surface area contributed by atoms with E-state index in [1.165, 1.54) is 33.4 Å². The number of aryl methyl sites for hydroxylation is 4. The summed E-state index contributed by atoms with van der Waals surface area (Å²) in [5, 5.41) is 0. The van der Waals surface area contributed by atoms with Gasteiger partial charge in [-0.3, -0.25) is 0 Å². The first-order valence-corrected chi connectivity index (χ1v) is 6.27. The molecule has 0 aliphatic carbocycles. The summed E-state index contributed by atoms with van der Waals surface area (Å²) in [5.74, 6) is 0. The van der Waals surface area contributed by atoms with E-state index in [1.807, 2.05) is 0 Å². The van der Waals surface area contributed by atoms with Gasteiger partial charge in [0.25, 0.3) is 0 Å². The molecule has 2 nitrogen and oxygen atoms in total. The van der Waals surface area contributed by atoms with Crippen LogP contribution < -0.4 is 11.5 Å². The minimum atomic E-state index is 1.14. The molecule has 0 aromatic heterocycles. The van der Waals surface area contributed by atoms with E-state index in [4.69, 9.17) is 0 Å². The summed E-state index contributed by atoms with van der Waals surface area (Å²) in [6.45, 7) is 8.48. The SMILES string of the molecule is Cc1cc(-c2cc(C)c([NH3+])c(C)c2)cc(C)c1[NH3+]. The van der Waals surface area contributed by atoms with Crippen molar-refractivity contribution in [2.24, 2.45) is 0 Å². The molecule has 0 radical (unpaired) electrons. The molecule has 2 rings (SSSR count). The molecular weight excluding hydrogens is 220 g/mol. The summed E-state index contributed by atoms with van der Waals surface area (Å²) in [7, 11) is 0. The Bertz CT molecular complexity index is 511. The molecule has 0 fully saturated rings. The Balaban J connectivity index is 2.63. The molecule has 18 heavy (non-hydrogen) atoms. The van der Waals surface area contributed by atoms with E-state index < -0.39 is 0 Å². The van der Waals surface area contributed by atoms with Gasteiger partial charge in [-0.25, -0.2) is 0 Å². The van der Waals surface area contributed by atoms with Gasteiger partial charge in [0.05, 0.1) is 0 Å². The van der Waals surface area contributed by atoms with Crippen molar-refractivity contribution in [2.75, 3.05) is 0 Å². The first-order valence-electron chi connectivity index (χ1n) is 6.27. The molecule has 0 saturated heterocycles. The zero-order valence-corrected chi connectivity index (χ0v) is 11.7. The van der Waals surface area contributed by atoms with Gasteiger partial charge in [0.15, 0.2) is 0 Å². The molecule has 6 N–H and O–H groups in total. The molecule has 2 heteroatoms. The zero-order valence-electron chi connectivity index (χ0n) is 11.7. The van der Waals surface area contributed by atoms with Crippen LogP contribution in [0.2, 0.25) is 0 Å². The van der Waals surface area contributed by atoms with Crippen molar-refractivity contribution in [3.63, 3.8) is 0 Å². The maximum absolute atomic E-state index is 4.09. The normalized spacial score (nSPS) is 10.8. The molecule has 0 saturated carbocycles. The molecule has 0 aliphatic rings. The standard InChI is InChI=1S/C16H20N2/c1-9-5-13(6-10(2)15(9)17)14-7-11(3)16(18)12(4)8-14/h5-8H,17-18H2,1-4H3/p+2. The van der Waals surface area contributed by atoms with Crippen LogP contribution in [0, 0.1) is 27.7 Å². The highest BCUT2D eigenvalue weighted by Gasteiger charge is 2.09. The molecule has 0 amide bonds. The Morgan fingerprint density at radius 1 is 0.556 bits per heavy atom. The average Bonchev–Trinajstić information content (AvgIpc) is 2.31. The number of hydrogen-bond acceptors (Lipinski definition) is 0. The Morgan fingerprint density at radius 3 is 1.00 bits per heavy atom. The van der Waals surface area contributed by atoms with Crippen LogP contribution in [-0.4, -0.2) is 0 Å². The van der Waals surface area contributed by atoms with Crippen LogP contribution >= 0.6 is 0 Å². The lowest BCUT2D eigenvalue weighted by Gasteiger charge is -2.09. The monoisotopic (exact) mass is 242 g/mol. The molecular formula is C16H22N2+2. The second-order valence-corrected chi connectivity index (χ2v) is 5.18. The van der Waals surface area contributed by atoms with Gasteiger partial charge in [-0.15, -0.1) is 0 Å². The van der Waals surface area contributed by atoms with Crippen molar-refractivity contribution in [1.29, 1.82) is 0 Å². The van der Waals surface area contributed by atoms with E-state index in [9.17, 15) is 0 Å². The highest BCUT2D eigenvalue weighted by molar-refractivity contribution is 5.71. The zero-order chi connectivity index (χ0) is 13.4. The lowest BCUT2D eigenvalue weighted by atomic mass is 9.95. The van der Waals surface area contributed by atoms with Gasteiger partial charge in [0.2, 0.25) is 0 Å². The average molecular weight is 242 g/mol. The van der Waals surface area contributed by atoms with Crippen LogP contribution in [0.5, 0.6) is 0 Å². The number of quaternary nitrogens is 2. The van der Waals surface area contributed by atoms with Crippen molar-refractivity contribution in [3.05, 3.63) is 46.5 Å². The van der Waals surface area contributed by atoms with E-state index in [0.29, 0.717) is 0 Å². The summed E-state index contributed by atoms with van der Waals surface area (Å²) in [4.78, 5) is 0. The second-order valence-electron chi connectivity index (χ2n) is 5.18. The third-order valence-electron chi connectivity index (χ3n) is 3.73. The smallest absolute Gasteiger partial charge is 0.133 e. The fraction of sp³-hybridized carbons (Fsp3) is 0.250. The van der Waals surface area contributed by atoms with Crippen LogP contribution in [0.3, 0.4) is 0 Å². The molecule has 0 spiro atoms. The molecule has 0 aliphatic heterocycles. The Morgan fingerprint density at radius 2 is 0.778 bits per heavy atom. The van der Waals surface area contributed by atoms with Crippen LogP contribution in [0.25, 0.3) is 11.1 Å². The second kappa shape index (κ2) is 4.56. The molecule has 0 unspecified atom stereocenters. The topological polar surface area (TPSA) is 55.3 Å². The predicted octanol–water partition coefficient (Wildman–Crippen LogP) is 2.33. The van der Waals surface area contributed by atoms with Crippen molar-refractivity contribution < 1.29 is 11.5 Å². The summed E-state index contributed by atoms with van der Waals surface area (Å²) in [6, 6.07) is 8.86. The summed E-state index contributed by atoms with van der Waals surface area (Å²) in [5.41, 5.74) is 18.0. The molecule has 94 valence electrons. The summed E-state index contributed by atoms with van der Waals surface area (Å²) in [6.07, 6.45) is 0. The Labute approximate surface area is 109 Å². The largest absolute Gasteiger partial charge is 0.325 e. The van der Waals surface area contributed by atoms with Gasteiger partial charge in [-0.1, -0.05) is 0 Å². The molecule has 2 aromatic rings. The Hall–Kier alpha value is -1.64. The van der Waals surface area contributed by atoms with Crippen LogP contribution in [0.15, 0.2) is 24.3 Å². The van der Waals surface area contributed by atoms with Crippen LogP contribution in [0.1, 0.15) is 22.3 Å². The van der Waals surface area contributed by atoms with Crippen molar-refractivity contribution in [1.82, 2.24) is 0 Å². The fourth-order valence-electron chi connectivity index (χ4n) is 2.32. The van der Waals surface area contributed by atoms with Gasteiger partial charge in [-0.05, 0) is 63.1 Å². The van der Waals surface area contributed by atoms with Gasteiger partial charge >= 0.3 is 0 Å². The van der Waals surface area contributed by atoms with E-state index in [2.05, 4.69) is 63.4 Å². The third kappa shape index (κ3) is 2.17. The van der Waals surface area contributed by atoms with Gasteiger partial charge in [0, 0.05) is 22.3 Å². The van der Waals surface area contributed by atoms with Crippen molar-refractivity contribution in [2.45, 2.75) is 27.7 Å². The summed E-state index contributed by atoms with van der Waals surface area (Å²) >= 11 is 0. The van der Waals surface area contributed by atoms with E-state index in [0.717, 1.165) is 11.4 Å². The first kappa shape index (κ1) is 12.8. The van der Waals surface area contributed by atoms with Crippen LogP contribution in [-0.2, 0) is 0 Å². The quantitative estimate of drug-likeness (QED) is 0.771. The lowest BCUT2D eigenvalue weighted by molar-refractivity contribution is -0.257. The van der Waals surface area contributed by atoms with Crippen LogP contribution in [0.4, 0.5) is 11.4 Å². The minimum Gasteiger partial charge on any atom is -0.325 e. The maximum atomic E-state index is 4.09. The van der Waals surface area contributed by atoms with E-state index in [1.54, 1.807) is 0 Å². The fourth-order valence-corrected chi connectivity index (χ4v) is 2.32. The van der Waals surface area contributed by atoms with Gasteiger partial charge in [-0.2, -0.15) is 0 Å². The molecule has 0 atom stereocenters. The van der Waals surface area contributed by atoms with Gasteiger partial charge < -0.3 is 11.5 Å². The highest BCUT2D eigenvalue weighted by Crippen LogP contribution is 2.29. The number of rotatable bonds is 1. The minimum absolute atomic E-state index is 1.14. The Kier molecular flexibility index (Phi) is 3.24. The number of benzene rings is 2. The predicted molar refractivity (Wildman–Crippen MR) is 75.9 cm³/mol. The highest BCUT2D eigenvalue weighted by atomic mass is 14.6. The molecule has 2 aromatic carbocycles. The van der Waals surface area contributed by atoms with E-state index in [-0.39, 0.29) is 0 Å². The first-order chi connectivity index (χ1) is 8.40. The molecule has 0 heterocycles. The lowest BCUT2D eigenvalue weighted by Crippen LogP contribution is -2.42.